The van der Waals surface area contributed by atoms with Gasteiger partial charge in [-0.15, -0.1) is 0 Å². The molecule has 1 aromatic rings. The summed E-state index contributed by atoms with van der Waals surface area (Å²) in [4.78, 5) is 19.8. The van der Waals surface area contributed by atoms with Crippen LogP contribution in [0.15, 0.2) is 35.3 Å². The zero-order valence-corrected chi connectivity index (χ0v) is 12.5. The van der Waals surface area contributed by atoms with Crippen LogP contribution in [0.5, 0.6) is 0 Å². The van der Waals surface area contributed by atoms with Crippen LogP contribution < -0.4 is 5.73 Å². The number of hydrogen-bond acceptors (Lipinski definition) is 3. The molecule has 21 heavy (non-hydrogen) atoms. The Labute approximate surface area is 125 Å². The minimum Gasteiger partial charge on any atom is -0.385 e. The quantitative estimate of drug-likeness (QED) is 0.915. The molecule has 0 unspecified atom stereocenters. The van der Waals surface area contributed by atoms with Crippen LogP contribution in [-0.4, -0.2) is 53.9 Å². The number of rotatable bonds is 3. The third-order valence-corrected chi connectivity index (χ3v) is 4.86. The van der Waals surface area contributed by atoms with Gasteiger partial charge in [0.05, 0.1) is 0 Å². The second kappa shape index (κ2) is 5.48. The molecule has 2 N–H and O–H groups in total. The third-order valence-electron chi connectivity index (χ3n) is 4.86. The van der Waals surface area contributed by atoms with Crippen molar-refractivity contribution in [1.29, 1.82) is 0 Å². The van der Waals surface area contributed by atoms with Crippen molar-refractivity contribution in [1.82, 2.24) is 9.80 Å². The first kappa shape index (κ1) is 14.1. The Bertz CT molecular complexity index is 547. The fraction of sp³-hybridized carbons (Fsp3) is 0.500. The zero-order valence-electron chi connectivity index (χ0n) is 12.5. The number of amidine groups is 1. The van der Waals surface area contributed by atoms with E-state index >= 15 is 0 Å². The number of nitrogens with zero attached hydrogens (tertiary/aromatic N) is 3. The monoisotopic (exact) mass is 286 g/mol. The Hall–Kier alpha value is -1.88. The summed E-state index contributed by atoms with van der Waals surface area (Å²) in [5, 5.41) is 0. The summed E-state index contributed by atoms with van der Waals surface area (Å²) in [7, 11) is 1.81. The Balaban J connectivity index is 1.56. The maximum absolute atomic E-state index is 11.7. The average molecular weight is 286 g/mol. The molecule has 1 aromatic carbocycles. The second-order valence-corrected chi connectivity index (χ2v) is 5.95. The van der Waals surface area contributed by atoms with Crippen LogP contribution in [0.4, 0.5) is 4.79 Å². The summed E-state index contributed by atoms with van der Waals surface area (Å²) in [6.45, 7) is 2.97. The number of aliphatic imine (C=N–C) groups is 1. The molecule has 0 aliphatic carbocycles. The van der Waals surface area contributed by atoms with Crippen molar-refractivity contribution in [2.75, 3.05) is 26.7 Å². The van der Waals surface area contributed by atoms with Crippen LogP contribution in [0.25, 0.3) is 0 Å². The van der Waals surface area contributed by atoms with Crippen LogP contribution in [0.1, 0.15) is 18.4 Å². The van der Waals surface area contributed by atoms with Gasteiger partial charge in [0.1, 0.15) is 11.4 Å². The van der Waals surface area contributed by atoms with Gasteiger partial charge in [0.15, 0.2) is 0 Å². The molecule has 0 atom stereocenters. The topological polar surface area (TPSA) is 61.9 Å². The maximum atomic E-state index is 11.7. The standard InChI is InChI=1S/C16H22N4O/c1-19-15(21)18-14(17)16(19)8-11-20(12-9-16)10-7-13-5-3-2-4-6-13/h2-6H,7-12H2,1H3,(H2,17,18,21). The van der Waals surface area contributed by atoms with Gasteiger partial charge in [-0.2, -0.15) is 4.99 Å². The minimum absolute atomic E-state index is 0.203. The summed E-state index contributed by atoms with van der Waals surface area (Å²) in [5.41, 5.74) is 7.04. The minimum atomic E-state index is -0.333. The van der Waals surface area contributed by atoms with Gasteiger partial charge in [-0.3, -0.25) is 0 Å². The Morgan fingerprint density at radius 2 is 1.90 bits per heavy atom. The number of amides is 2. The number of piperidine rings is 1. The van der Waals surface area contributed by atoms with Gasteiger partial charge < -0.3 is 15.5 Å². The molecule has 3 rings (SSSR count). The molecule has 2 heterocycles. The molecule has 112 valence electrons. The van der Waals surface area contributed by atoms with Crippen molar-refractivity contribution in [3.8, 4) is 0 Å². The van der Waals surface area contributed by atoms with Gasteiger partial charge in [-0.05, 0) is 24.8 Å². The lowest BCUT2D eigenvalue weighted by atomic mass is 9.85. The molecular formula is C16H22N4O. The lowest BCUT2D eigenvalue weighted by molar-refractivity contribution is 0.116. The Morgan fingerprint density at radius 3 is 2.48 bits per heavy atom. The van der Waals surface area contributed by atoms with Crippen LogP contribution in [-0.2, 0) is 6.42 Å². The van der Waals surface area contributed by atoms with E-state index in [1.165, 1.54) is 5.56 Å². The lowest BCUT2D eigenvalue weighted by Gasteiger charge is -2.42. The molecule has 2 amide bonds. The Morgan fingerprint density at radius 1 is 1.24 bits per heavy atom. The molecule has 2 aliphatic rings. The zero-order chi connectivity index (χ0) is 14.9. The molecule has 1 saturated heterocycles. The maximum Gasteiger partial charge on any atom is 0.345 e. The molecule has 0 radical (unpaired) electrons. The van der Waals surface area contributed by atoms with Crippen molar-refractivity contribution in [2.24, 2.45) is 10.7 Å². The number of nitrogens with two attached hydrogens (primary N) is 1. The summed E-state index contributed by atoms with van der Waals surface area (Å²) >= 11 is 0. The highest BCUT2D eigenvalue weighted by Crippen LogP contribution is 2.32. The number of carbonyl (C=O) groups excluding carboxylic acids is 1. The van der Waals surface area contributed by atoms with Crippen molar-refractivity contribution < 1.29 is 4.79 Å². The summed E-state index contributed by atoms with van der Waals surface area (Å²) in [6, 6.07) is 10.3. The lowest BCUT2D eigenvalue weighted by Crippen LogP contribution is -2.58. The van der Waals surface area contributed by atoms with E-state index in [2.05, 4.69) is 34.2 Å². The first-order valence-corrected chi connectivity index (χ1v) is 7.50. The first-order chi connectivity index (χ1) is 10.1. The van der Waals surface area contributed by atoms with Gasteiger partial charge in [0, 0.05) is 26.7 Å². The van der Waals surface area contributed by atoms with Gasteiger partial charge in [-0.25, -0.2) is 4.79 Å². The fourth-order valence-electron chi connectivity index (χ4n) is 3.31. The molecule has 0 aromatic heterocycles. The summed E-state index contributed by atoms with van der Waals surface area (Å²) < 4.78 is 0. The largest absolute Gasteiger partial charge is 0.385 e. The number of carbonyl (C=O) groups is 1. The van der Waals surface area contributed by atoms with E-state index in [9.17, 15) is 4.79 Å². The molecular weight excluding hydrogens is 264 g/mol. The summed E-state index contributed by atoms with van der Waals surface area (Å²) in [6.07, 6.45) is 2.81. The van der Waals surface area contributed by atoms with Crippen LogP contribution >= 0.6 is 0 Å². The van der Waals surface area contributed by atoms with Crippen LogP contribution in [0, 0.1) is 0 Å². The van der Waals surface area contributed by atoms with E-state index in [0.29, 0.717) is 5.84 Å². The number of benzene rings is 1. The van der Waals surface area contributed by atoms with Gasteiger partial charge in [0.2, 0.25) is 0 Å². The second-order valence-electron chi connectivity index (χ2n) is 5.95. The van der Waals surface area contributed by atoms with Gasteiger partial charge in [0.25, 0.3) is 0 Å². The molecule has 5 heteroatoms. The summed E-state index contributed by atoms with van der Waals surface area (Å²) in [5.74, 6) is 0.498. The predicted molar refractivity (Wildman–Crippen MR) is 83.3 cm³/mol. The van der Waals surface area contributed by atoms with Crippen molar-refractivity contribution in [3.05, 3.63) is 35.9 Å². The highest BCUT2D eigenvalue weighted by atomic mass is 16.2. The fourth-order valence-corrected chi connectivity index (χ4v) is 3.31. The highest BCUT2D eigenvalue weighted by molar-refractivity contribution is 6.05. The Kier molecular flexibility index (Phi) is 3.68. The van der Waals surface area contributed by atoms with Crippen molar-refractivity contribution in [3.63, 3.8) is 0 Å². The van der Waals surface area contributed by atoms with Gasteiger partial charge >= 0.3 is 6.03 Å². The SMILES string of the molecule is CN1C(=O)N=C(N)C12CCN(CCc1ccccc1)CC2. The highest BCUT2D eigenvalue weighted by Gasteiger charge is 2.47. The van der Waals surface area contributed by atoms with E-state index in [1.54, 1.807) is 4.90 Å². The van der Waals surface area contributed by atoms with E-state index in [0.717, 1.165) is 38.9 Å². The van der Waals surface area contributed by atoms with Crippen LogP contribution in [0.3, 0.4) is 0 Å². The number of urea groups is 1. The molecule has 0 bridgehead atoms. The molecule has 1 spiro atoms. The number of likely N-dealkylation sites (tertiary alicyclic amines) is 1. The normalized spacial score (nSPS) is 21.9. The van der Waals surface area contributed by atoms with Gasteiger partial charge in [-0.1, -0.05) is 30.3 Å². The smallest absolute Gasteiger partial charge is 0.345 e. The van der Waals surface area contributed by atoms with E-state index in [1.807, 2.05) is 13.1 Å². The van der Waals surface area contributed by atoms with Crippen molar-refractivity contribution in [2.45, 2.75) is 24.8 Å². The molecule has 0 saturated carbocycles. The molecule has 5 nitrogen and oxygen atoms in total. The van der Waals surface area contributed by atoms with Crippen molar-refractivity contribution >= 4 is 11.9 Å². The molecule has 2 aliphatic heterocycles. The van der Waals surface area contributed by atoms with E-state index < -0.39 is 0 Å². The number of likely N-dealkylation sites (N-methyl/N-ethyl adjacent to an activating group) is 1. The first-order valence-electron chi connectivity index (χ1n) is 7.50. The molecule has 1 fully saturated rings. The average Bonchev–Trinajstić information content (AvgIpc) is 2.72. The van der Waals surface area contributed by atoms with E-state index in [4.69, 9.17) is 5.73 Å². The van der Waals surface area contributed by atoms with Crippen LogP contribution in [0.2, 0.25) is 0 Å². The van der Waals surface area contributed by atoms with E-state index in [-0.39, 0.29) is 11.6 Å². The third kappa shape index (κ3) is 2.53. The number of hydrogen-bond donors (Lipinski definition) is 1. The predicted octanol–water partition coefficient (Wildman–Crippen LogP) is 1.49.